The fourth-order valence-corrected chi connectivity index (χ4v) is 1.32. The predicted molar refractivity (Wildman–Crippen MR) is 34.5 cm³/mol. The molecule has 1 rings (SSSR count). The molecule has 0 aromatic rings. The van der Waals surface area contributed by atoms with Crippen molar-refractivity contribution in [3.63, 3.8) is 0 Å². The number of amides is 1. The minimum Gasteiger partial charge on any atom is -0.320 e. The van der Waals surface area contributed by atoms with Crippen LogP contribution in [0.2, 0.25) is 0 Å². The van der Waals surface area contributed by atoms with E-state index in [4.69, 9.17) is 0 Å². The number of carbonyl (C=O) groups is 1. The van der Waals surface area contributed by atoms with E-state index in [0.717, 1.165) is 0 Å². The Morgan fingerprint density at radius 3 is 3.00 bits per heavy atom. The van der Waals surface area contributed by atoms with E-state index in [1.54, 1.807) is 0 Å². The summed E-state index contributed by atoms with van der Waals surface area (Å²) < 4.78 is 4.51. The van der Waals surface area contributed by atoms with E-state index >= 15 is 0 Å². The molecule has 1 unspecified atom stereocenters. The second kappa shape index (κ2) is 2.61. The minimum absolute atomic E-state index is 0.00838. The Hall–Kier alpha value is 0.130. The van der Waals surface area contributed by atoms with Crippen molar-refractivity contribution in [3.8, 4) is 0 Å². The molecule has 1 aliphatic rings. The van der Waals surface area contributed by atoms with Crippen LogP contribution >= 0.6 is 24.7 Å². The number of carbonyl (C=O) groups excluding carboxylic acids is 1. The number of hydrogen-bond donors (Lipinski definition) is 2. The van der Waals surface area contributed by atoms with Crippen molar-refractivity contribution in [2.45, 2.75) is 5.56 Å². The van der Waals surface area contributed by atoms with E-state index < -0.39 is 0 Å². The molecule has 1 atom stereocenters. The molecule has 0 radical (unpaired) electrons. The van der Waals surface area contributed by atoms with E-state index in [1.807, 2.05) is 0 Å². The Labute approximate surface area is 56.8 Å². The molecular formula is C3H5NO2S2. The van der Waals surface area contributed by atoms with Crippen LogP contribution < -0.4 is 5.32 Å². The van der Waals surface area contributed by atoms with Gasteiger partial charge >= 0.3 is 0 Å². The molecule has 0 bridgehead atoms. The number of nitrogens with one attached hydrogen (secondary N) is 1. The van der Waals surface area contributed by atoms with E-state index in [0.29, 0.717) is 5.75 Å². The molecule has 1 saturated heterocycles. The Bertz CT molecular complexity index is 107. The maximum absolute atomic E-state index is 10.4. The summed E-state index contributed by atoms with van der Waals surface area (Å²) in [5.74, 6) is 0.486. The first-order valence-electron chi connectivity index (χ1n) is 2.04. The quantitative estimate of drug-likeness (QED) is 0.409. The molecule has 0 spiro atoms. The summed E-state index contributed by atoms with van der Waals surface area (Å²) in [6, 6.07) is 0. The Balaban J connectivity index is 2.32. The van der Waals surface area contributed by atoms with Gasteiger partial charge in [-0.3, -0.25) is 8.98 Å². The highest BCUT2D eigenvalue weighted by atomic mass is 32.2. The Kier molecular flexibility index (Phi) is 2.04. The molecule has 1 amide bonds. The Morgan fingerprint density at radius 1 is 2.00 bits per heavy atom. The zero-order valence-corrected chi connectivity index (χ0v) is 5.67. The molecule has 0 aromatic carbocycles. The minimum atomic E-state index is -0.245. The molecular weight excluding hydrogens is 146 g/mol. The highest BCUT2D eigenvalue weighted by Crippen LogP contribution is 2.15. The SMILES string of the molecule is O=C1CSC(OS)N1. The average Bonchev–Trinajstić information content (AvgIpc) is 2.14. The lowest BCUT2D eigenvalue weighted by molar-refractivity contribution is -0.118. The van der Waals surface area contributed by atoms with Crippen LogP contribution in [-0.4, -0.2) is 17.2 Å². The molecule has 0 aromatic heterocycles. The lowest BCUT2D eigenvalue weighted by Gasteiger charge is -2.01. The van der Waals surface area contributed by atoms with E-state index in [1.165, 1.54) is 11.8 Å². The lowest BCUT2D eigenvalue weighted by Crippen LogP contribution is -2.24. The number of rotatable bonds is 1. The van der Waals surface area contributed by atoms with Crippen LogP contribution in [0.15, 0.2) is 0 Å². The van der Waals surface area contributed by atoms with E-state index in [-0.39, 0.29) is 11.5 Å². The average molecular weight is 151 g/mol. The second-order valence-electron chi connectivity index (χ2n) is 1.32. The summed E-state index contributed by atoms with van der Waals surface area (Å²) in [6.45, 7) is 0. The standard InChI is InChI=1S/C3H5NO2S2/c5-2-1-8-3(4-2)6-7/h3,7H,1H2,(H,4,5). The molecule has 1 aliphatic heterocycles. The van der Waals surface area contributed by atoms with Gasteiger partial charge in [-0.25, -0.2) is 0 Å². The largest absolute Gasteiger partial charge is 0.320 e. The summed E-state index contributed by atoms with van der Waals surface area (Å²) in [6.07, 6.45) is 0. The Morgan fingerprint density at radius 2 is 2.75 bits per heavy atom. The molecule has 1 heterocycles. The van der Waals surface area contributed by atoms with Gasteiger partial charge in [0.25, 0.3) is 0 Å². The lowest BCUT2D eigenvalue weighted by atomic mass is 10.7. The fourth-order valence-electron chi connectivity index (χ4n) is 0.423. The van der Waals surface area contributed by atoms with Crippen molar-refractivity contribution >= 4 is 30.6 Å². The first-order chi connectivity index (χ1) is 3.83. The van der Waals surface area contributed by atoms with Crippen molar-refractivity contribution in [3.05, 3.63) is 0 Å². The van der Waals surface area contributed by atoms with Gasteiger partial charge in [-0.2, -0.15) is 0 Å². The van der Waals surface area contributed by atoms with E-state index in [2.05, 4.69) is 22.4 Å². The zero-order chi connectivity index (χ0) is 5.98. The number of thioether (sulfide) groups is 1. The summed E-state index contributed by atoms with van der Waals surface area (Å²) in [5.41, 5.74) is -0.245. The monoisotopic (exact) mass is 151 g/mol. The molecule has 0 aliphatic carbocycles. The first-order valence-corrected chi connectivity index (χ1v) is 3.45. The van der Waals surface area contributed by atoms with Gasteiger partial charge in [-0.1, -0.05) is 11.8 Å². The van der Waals surface area contributed by atoms with Crippen molar-refractivity contribution in [1.29, 1.82) is 0 Å². The van der Waals surface area contributed by atoms with Crippen LogP contribution in [0.5, 0.6) is 0 Å². The molecule has 1 N–H and O–H groups in total. The van der Waals surface area contributed by atoms with Gasteiger partial charge in [-0.15, -0.1) is 0 Å². The van der Waals surface area contributed by atoms with Crippen LogP contribution in [0.4, 0.5) is 0 Å². The first kappa shape index (κ1) is 6.25. The molecule has 5 heteroatoms. The third-order valence-electron chi connectivity index (χ3n) is 0.740. The van der Waals surface area contributed by atoms with Crippen LogP contribution in [0.25, 0.3) is 0 Å². The topological polar surface area (TPSA) is 38.3 Å². The highest BCUT2D eigenvalue weighted by molar-refractivity contribution is 8.01. The van der Waals surface area contributed by atoms with E-state index in [9.17, 15) is 4.79 Å². The normalized spacial score (nSPS) is 28.1. The van der Waals surface area contributed by atoms with Gasteiger partial charge in [-0.05, 0) is 12.9 Å². The maximum atomic E-state index is 10.4. The highest BCUT2D eigenvalue weighted by Gasteiger charge is 2.20. The van der Waals surface area contributed by atoms with Crippen molar-refractivity contribution < 1.29 is 8.98 Å². The molecule has 46 valence electrons. The molecule has 1 fully saturated rings. The maximum Gasteiger partial charge on any atom is 0.232 e. The second-order valence-corrected chi connectivity index (χ2v) is 2.58. The smallest absolute Gasteiger partial charge is 0.232 e. The van der Waals surface area contributed by atoms with Gasteiger partial charge in [0.2, 0.25) is 5.91 Å². The summed E-state index contributed by atoms with van der Waals surface area (Å²) in [7, 11) is 0. The van der Waals surface area contributed by atoms with Crippen molar-refractivity contribution in [1.82, 2.24) is 5.32 Å². The predicted octanol–water partition coefficient (Wildman–Crippen LogP) is -0.00560. The van der Waals surface area contributed by atoms with Crippen molar-refractivity contribution in [2.75, 3.05) is 5.75 Å². The third kappa shape index (κ3) is 1.30. The van der Waals surface area contributed by atoms with Gasteiger partial charge < -0.3 is 5.32 Å². The number of hydrogen-bond acceptors (Lipinski definition) is 4. The summed E-state index contributed by atoms with van der Waals surface area (Å²) in [5, 5.41) is 2.53. The van der Waals surface area contributed by atoms with Crippen LogP contribution in [0.1, 0.15) is 0 Å². The van der Waals surface area contributed by atoms with Gasteiger partial charge in [0, 0.05) is 0 Å². The fraction of sp³-hybridized carbons (Fsp3) is 0.667. The molecule has 8 heavy (non-hydrogen) atoms. The zero-order valence-electron chi connectivity index (χ0n) is 3.96. The van der Waals surface area contributed by atoms with Crippen molar-refractivity contribution in [2.24, 2.45) is 0 Å². The van der Waals surface area contributed by atoms with Crippen LogP contribution in [0, 0.1) is 0 Å². The third-order valence-corrected chi connectivity index (χ3v) is 2.04. The van der Waals surface area contributed by atoms with Crippen LogP contribution in [0.3, 0.4) is 0 Å². The van der Waals surface area contributed by atoms with Gasteiger partial charge in [0.05, 0.1) is 5.75 Å². The molecule has 3 nitrogen and oxygen atoms in total. The van der Waals surface area contributed by atoms with Gasteiger partial charge in [0.15, 0.2) is 5.56 Å². The number of thiol groups is 1. The summed E-state index contributed by atoms with van der Waals surface area (Å²) >= 11 is 4.91. The van der Waals surface area contributed by atoms with Crippen LogP contribution in [-0.2, 0) is 8.98 Å². The van der Waals surface area contributed by atoms with Gasteiger partial charge in [0.1, 0.15) is 0 Å². The molecule has 0 saturated carbocycles. The summed E-state index contributed by atoms with van der Waals surface area (Å²) in [4.78, 5) is 10.4.